The number of carboxylic acids is 1. The second kappa shape index (κ2) is 9.70. The van der Waals surface area contributed by atoms with Crippen molar-refractivity contribution in [1.82, 2.24) is 0 Å². The summed E-state index contributed by atoms with van der Waals surface area (Å²) in [7, 11) is 0. The molecule has 0 saturated heterocycles. The molecule has 1 amide bonds. The Bertz CT molecular complexity index is 1080. The van der Waals surface area contributed by atoms with Crippen LogP contribution >= 0.6 is 23.2 Å². The lowest BCUT2D eigenvalue weighted by molar-refractivity contribution is -0.178. The van der Waals surface area contributed by atoms with E-state index in [9.17, 15) is 31.5 Å². The Morgan fingerprint density at radius 1 is 1.12 bits per heavy atom. The van der Waals surface area contributed by atoms with Crippen LogP contribution in [0.5, 0.6) is 0 Å². The predicted octanol–water partition coefficient (Wildman–Crippen LogP) is 7.13. The number of hydrogen-bond donors (Lipinski definition) is 2. The minimum Gasteiger partial charge on any atom is -0.481 e. The van der Waals surface area contributed by atoms with Crippen molar-refractivity contribution in [3.8, 4) is 0 Å². The summed E-state index contributed by atoms with van der Waals surface area (Å²) >= 11 is 11.9. The lowest BCUT2D eigenvalue weighted by Crippen LogP contribution is -2.34. The first-order valence-electron chi connectivity index (χ1n) is 10.2. The fourth-order valence-electron chi connectivity index (χ4n) is 3.96. The van der Waals surface area contributed by atoms with Gasteiger partial charge in [-0.3, -0.25) is 9.59 Å². The van der Waals surface area contributed by atoms with E-state index in [0.717, 1.165) is 6.92 Å². The number of carboxylic acid groups (broad SMARTS) is 1. The molecule has 3 unspecified atom stereocenters. The van der Waals surface area contributed by atoms with Crippen LogP contribution in [0.1, 0.15) is 42.7 Å². The molecule has 0 aliphatic heterocycles. The van der Waals surface area contributed by atoms with Crippen LogP contribution in [0, 0.1) is 11.8 Å². The zero-order valence-electron chi connectivity index (χ0n) is 17.7. The van der Waals surface area contributed by atoms with Crippen molar-refractivity contribution in [2.75, 3.05) is 5.32 Å². The quantitative estimate of drug-likeness (QED) is 0.361. The van der Waals surface area contributed by atoms with Gasteiger partial charge in [0.05, 0.1) is 29.0 Å². The number of hydrogen-bond acceptors (Lipinski definition) is 2. The van der Waals surface area contributed by atoms with Crippen molar-refractivity contribution in [3.05, 3.63) is 63.6 Å². The fraction of sp³-hybridized carbons (Fsp3) is 0.391. The molecule has 34 heavy (non-hydrogen) atoms. The highest BCUT2D eigenvalue weighted by Gasteiger charge is 2.60. The van der Waals surface area contributed by atoms with Crippen molar-refractivity contribution in [2.45, 2.75) is 43.7 Å². The van der Waals surface area contributed by atoms with Gasteiger partial charge < -0.3 is 10.4 Å². The van der Waals surface area contributed by atoms with Gasteiger partial charge in [0.25, 0.3) is 5.92 Å². The highest BCUT2D eigenvalue weighted by Crippen LogP contribution is 2.57. The van der Waals surface area contributed by atoms with Gasteiger partial charge in [-0.1, -0.05) is 48.3 Å². The van der Waals surface area contributed by atoms with E-state index in [2.05, 4.69) is 5.32 Å². The molecular formula is C23H20Cl2F5NO3. The molecule has 1 fully saturated rings. The SMILES string of the molecule is C[C@H](C(C(=O)Nc1cc(C(CC(=O)O)C2CC2(F)F)ccc1Cl)c1ccc(Cl)cc1)C(F)(F)F. The van der Waals surface area contributed by atoms with Gasteiger partial charge in [-0.25, -0.2) is 8.78 Å². The number of alkyl halides is 5. The molecule has 4 nitrogen and oxygen atoms in total. The molecule has 0 spiro atoms. The molecule has 0 heterocycles. The van der Waals surface area contributed by atoms with Crippen molar-refractivity contribution < 1.29 is 36.6 Å². The largest absolute Gasteiger partial charge is 0.481 e. The van der Waals surface area contributed by atoms with Crippen LogP contribution < -0.4 is 5.32 Å². The minimum absolute atomic E-state index is 0.0387. The standard InChI is InChI=1S/C23H20Cl2F5NO3/c1-11(23(28,29)30)20(12-2-5-14(24)6-3-12)21(34)31-18-8-13(4-7-17(18)25)15(9-19(32)33)16-10-22(16,26)27/h2-8,11,15-16,20H,9-10H2,1H3,(H,31,34)(H,32,33)/t11-,15?,16?,20?/m1/s1. The Hall–Kier alpha value is -2.39. The number of anilines is 1. The third kappa shape index (κ3) is 5.99. The van der Waals surface area contributed by atoms with Crippen molar-refractivity contribution >= 4 is 40.8 Å². The third-order valence-corrected chi connectivity index (χ3v) is 6.54. The van der Waals surface area contributed by atoms with Crippen LogP contribution in [0.25, 0.3) is 0 Å². The van der Waals surface area contributed by atoms with Gasteiger partial charge in [0.15, 0.2) is 0 Å². The smallest absolute Gasteiger partial charge is 0.392 e. The molecule has 0 bridgehead atoms. The van der Waals surface area contributed by atoms with Crippen molar-refractivity contribution in [2.24, 2.45) is 11.8 Å². The zero-order valence-corrected chi connectivity index (χ0v) is 19.2. The summed E-state index contributed by atoms with van der Waals surface area (Å²) in [6.07, 6.45) is -5.75. The number of benzene rings is 2. The van der Waals surface area contributed by atoms with E-state index in [1.54, 1.807) is 0 Å². The molecule has 184 valence electrons. The van der Waals surface area contributed by atoms with Gasteiger partial charge in [0.1, 0.15) is 0 Å². The lowest BCUT2D eigenvalue weighted by Gasteiger charge is -2.26. The molecule has 11 heteroatoms. The summed E-state index contributed by atoms with van der Waals surface area (Å²) < 4.78 is 68.0. The summed E-state index contributed by atoms with van der Waals surface area (Å²) in [5.41, 5.74) is 0.161. The van der Waals surface area contributed by atoms with Crippen LogP contribution in [0.4, 0.5) is 27.6 Å². The minimum atomic E-state index is -4.70. The summed E-state index contributed by atoms with van der Waals surface area (Å²) in [4.78, 5) is 24.3. The van der Waals surface area contributed by atoms with Gasteiger partial charge in [-0.05, 0) is 35.4 Å². The molecule has 0 radical (unpaired) electrons. The Kier molecular flexibility index (Phi) is 7.48. The van der Waals surface area contributed by atoms with Crippen LogP contribution in [-0.2, 0) is 9.59 Å². The number of carbonyl (C=O) groups excluding carboxylic acids is 1. The molecule has 2 aromatic carbocycles. The Morgan fingerprint density at radius 3 is 2.18 bits per heavy atom. The van der Waals surface area contributed by atoms with Crippen LogP contribution in [0.2, 0.25) is 10.0 Å². The number of carbonyl (C=O) groups is 2. The number of aliphatic carboxylic acids is 1. The van der Waals surface area contributed by atoms with Gasteiger partial charge in [-0.2, -0.15) is 13.2 Å². The Balaban J connectivity index is 1.93. The lowest BCUT2D eigenvalue weighted by atomic mass is 9.85. The van der Waals surface area contributed by atoms with Gasteiger partial charge in [0.2, 0.25) is 5.91 Å². The average molecular weight is 524 g/mol. The molecule has 2 N–H and O–H groups in total. The first kappa shape index (κ1) is 26.2. The Morgan fingerprint density at radius 2 is 1.68 bits per heavy atom. The molecular weight excluding hydrogens is 504 g/mol. The van der Waals surface area contributed by atoms with Gasteiger partial charge >= 0.3 is 12.1 Å². The molecule has 0 aromatic heterocycles. The summed E-state index contributed by atoms with van der Waals surface area (Å²) in [5, 5.41) is 11.8. The van der Waals surface area contributed by atoms with E-state index < -0.39 is 60.5 Å². The first-order valence-corrected chi connectivity index (χ1v) is 11.0. The summed E-state index contributed by atoms with van der Waals surface area (Å²) in [5.74, 6) is -11.3. The second-order valence-electron chi connectivity index (χ2n) is 8.36. The van der Waals surface area contributed by atoms with E-state index in [4.69, 9.17) is 28.3 Å². The highest BCUT2D eigenvalue weighted by molar-refractivity contribution is 6.33. The van der Waals surface area contributed by atoms with E-state index in [0.29, 0.717) is 0 Å². The molecule has 2 aromatic rings. The third-order valence-electron chi connectivity index (χ3n) is 5.96. The second-order valence-corrected chi connectivity index (χ2v) is 9.21. The zero-order chi connectivity index (χ0) is 25.4. The maximum absolute atomic E-state index is 13.7. The van der Waals surface area contributed by atoms with Gasteiger partial charge in [-0.15, -0.1) is 0 Å². The van der Waals surface area contributed by atoms with E-state index >= 15 is 0 Å². The van der Waals surface area contributed by atoms with Crippen LogP contribution in [0.3, 0.4) is 0 Å². The van der Waals surface area contributed by atoms with Gasteiger partial charge in [0, 0.05) is 23.3 Å². The molecule has 4 atom stereocenters. The Labute approximate surface area is 202 Å². The van der Waals surface area contributed by atoms with E-state index in [1.165, 1.54) is 42.5 Å². The molecule has 1 aliphatic carbocycles. The maximum Gasteiger partial charge on any atom is 0.392 e. The highest BCUT2D eigenvalue weighted by atomic mass is 35.5. The van der Waals surface area contributed by atoms with E-state index in [-0.39, 0.29) is 26.9 Å². The van der Waals surface area contributed by atoms with Crippen molar-refractivity contribution in [1.29, 1.82) is 0 Å². The van der Waals surface area contributed by atoms with Crippen molar-refractivity contribution in [3.63, 3.8) is 0 Å². The average Bonchev–Trinajstić information content (AvgIpc) is 3.36. The summed E-state index contributed by atoms with van der Waals surface area (Å²) in [6, 6.07) is 9.23. The number of amides is 1. The van der Waals surface area contributed by atoms with Crippen LogP contribution in [0.15, 0.2) is 42.5 Å². The van der Waals surface area contributed by atoms with Crippen LogP contribution in [-0.4, -0.2) is 29.1 Å². The molecule has 1 aliphatic rings. The number of nitrogens with one attached hydrogen (secondary N) is 1. The first-order chi connectivity index (χ1) is 15.7. The number of rotatable bonds is 8. The molecule has 1 saturated carbocycles. The fourth-order valence-corrected chi connectivity index (χ4v) is 4.25. The monoisotopic (exact) mass is 523 g/mol. The summed E-state index contributed by atoms with van der Waals surface area (Å²) in [6.45, 7) is 0.870. The normalized spacial score (nSPS) is 19.7. The predicted molar refractivity (Wildman–Crippen MR) is 118 cm³/mol. The molecule has 3 rings (SSSR count). The number of halogens is 7. The maximum atomic E-state index is 13.7. The topological polar surface area (TPSA) is 66.4 Å². The van der Waals surface area contributed by atoms with E-state index in [1.807, 2.05) is 0 Å².